The Kier molecular flexibility index (Phi) is 3.47. The molecule has 0 aromatic heterocycles. The van der Waals surface area contributed by atoms with Crippen LogP contribution in [0.3, 0.4) is 0 Å². The van der Waals surface area contributed by atoms with Crippen molar-refractivity contribution in [3.63, 3.8) is 0 Å². The number of hydrogen-bond donors (Lipinski definition) is 1. The summed E-state index contributed by atoms with van der Waals surface area (Å²) in [6, 6.07) is 6.58. The summed E-state index contributed by atoms with van der Waals surface area (Å²) in [7, 11) is 0. The largest absolute Gasteiger partial charge is 0.444 e. The van der Waals surface area contributed by atoms with Crippen molar-refractivity contribution in [3.05, 3.63) is 34.9 Å². The van der Waals surface area contributed by atoms with Gasteiger partial charge in [-0.15, -0.1) is 0 Å². The lowest BCUT2D eigenvalue weighted by Crippen LogP contribution is -2.53. The van der Waals surface area contributed by atoms with Crippen LogP contribution in [0.25, 0.3) is 0 Å². The highest BCUT2D eigenvalue weighted by Crippen LogP contribution is 2.46. The molecule has 4 heteroatoms. The van der Waals surface area contributed by atoms with Crippen molar-refractivity contribution in [2.75, 3.05) is 0 Å². The van der Waals surface area contributed by atoms with Gasteiger partial charge in [-0.2, -0.15) is 0 Å². The summed E-state index contributed by atoms with van der Waals surface area (Å²) in [4.78, 5) is 14.4. The minimum absolute atomic E-state index is 0.0784. The summed E-state index contributed by atoms with van der Waals surface area (Å²) in [5.41, 5.74) is 2.53. The van der Waals surface area contributed by atoms with Crippen molar-refractivity contribution in [3.8, 4) is 0 Å². The van der Waals surface area contributed by atoms with Crippen molar-refractivity contribution in [2.24, 2.45) is 0 Å². The molecule has 1 aromatic rings. The van der Waals surface area contributed by atoms with Crippen LogP contribution in [0, 0.1) is 0 Å². The molecule has 2 aliphatic heterocycles. The molecular weight excluding hydrogens is 302 g/mol. The van der Waals surface area contributed by atoms with E-state index < -0.39 is 11.2 Å². The van der Waals surface area contributed by atoms with Gasteiger partial charge in [0.15, 0.2) is 0 Å². The minimum Gasteiger partial charge on any atom is -0.444 e. The lowest BCUT2D eigenvalue weighted by atomic mass is 9.77. The maximum Gasteiger partial charge on any atom is 0.410 e. The van der Waals surface area contributed by atoms with Gasteiger partial charge in [-0.05, 0) is 63.1 Å². The highest BCUT2D eigenvalue weighted by Gasteiger charge is 2.51. The molecule has 0 saturated carbocycles. The quantitative estimate of drug-likeness (QED) is 0.857. The maximum atomic E-state index is 12.6. The number of nitrogens with zero attached hydrogens (tertiary/aromatic N) is 1. The van der Waals surface area contributed by atoms with Gasteiger partial charge in [0.2, 0.25) is 0 Å². The van der Waals surface area contributed by atoms with Gasteiger partial charge >= 0.3 is 6.09 Å². The van der Waals surface area contributed by atoms with Crippen LogP contribution in [0.15, 0.2) is 18.2 Å². The zero-order valence-electron chi connectivity index (χ0n) is 14.8. The molecular formula is C20H27NO3. The van der Waals surface area contributed by atoms with Crippen LogP contribution in [-0.4, -0.2) is 33.8 Å². The second-order valence-electron chi connectivity index (χ2n) is 8.70. The van der Waals surface area contributed by atoms with E-state index >= 15 is 0 Å². The van der Waals surface area contributed by atoms with Crippen LogP contribution < -0.4 is 0 Å². The van der Waals surface area contributed by atoms with E-state index in [2.05, 4.69) is 18.2 Å². The van der Waals surface area contributed by atoms with Gasteiger partial charge in [0.05, 0.1) is 5.60 Å². The third-order valence-corrected chi connectivity index (χ3v) is 5.78. The zero-order chi connectivity index (χ0) is 17.1. The van der Waals surface area contributed by atoms with E-state index in [1.807, 2.05) is 25.7 Å². The number of aryl methyl sites for hydroxylation is 2. The molecule has 1 aliphatic carbocycles. The topological polar surface area (TPSA) is 49.8 Å². The van der Waals surface area contributed by atoms with Crippen LogP contribution >= 0.6 is 0 Å². The van der Waals surface area contributed by atoms with Gasteiger partial charge in [0.1, 0.15) is 5.60 Å². The molecule has 1 amide bonds. The van der Waals surface area contributed by atoms with Gasteiger partial charge < -0.3 is 14.7 Å². The normalized spacial score (nSPS) is 31.4. The molecule has 0 spiro atoms. The first kappa shape index (κ1) is 15.9. The number of ether oxygens (including phenoxy) is 1. The Bertz CT molecular complexity index is 662. The van der Waals surface area contributed by atoms with Crippen molar-refractivity contribution >= 4 is 6.09 Å². The van der Waals surface area contributed by atoms with Crippen LogP contribution in [0.5, 0.6) is 0 Å². The number of rotatable bonds is 1. The van der Waals surface area contributed by atoms with Crippen LogP contribution in [-0.2, 0) is 23.2 Å². The Labute approximate surface area is 143 Å². The first-order chi connectivity index (χ1) is 11.3. The fourth-order valence-electron chi connectivity index (χ4n) is 4.56. The zero-order valence-corrected chi connectivity index (χ0v) is 14.8. The molecule has 24 heavy (non-hydrogen) atoms. The molecule has 2 heterocycles. The van der Waals surface area contributed by atoms with Gasteiger partial charge in [-0.25, -0.2) is 4.79 Å². The number of amides is 1. The highest BCUT2D eigenvalue weighted by atomic mass is 16.6. The smallest absolute Gasteiger partial charge is 0.410 e. The second kappa shape index (κ2) is 5.22. The number of piperidine rings is 1. The van der Waals surface area contributed by atoms with E-state index in [4.69, 9.17) is 4.74 Å². The minimum atomic E-state index is -0.811. The Hall–Kier alpha value is -1.55. The van der Waals surface area contributed by atoms with E-state index in [-0.39, 0.29) is 18.2 Å². The summed E-state index contributed by atoms with van der Waals surface area (Å²) in [6.45, 7) is 5.69. The van der Waals surface area contributed by atoms with Gasteiger partial charge in [-0.3, -0.25) is 0 Å². The lowest BCUT2D eigenvalue weighted by Gasteiger charge is -2.44. The predicted molar refractivity (Wildman–Crippen MR) is 91.9 cm³/mol. The van der Waals surface area contributed by atoms with Crippen LogP contribution in [0.2, 0.25) is 0 Å². The lowest BCUT2D eigenvalue weighted by molar-refractivity contribution is -0.0624. The average molecular weight is 329 g/mol. The SMILES string of the molecule is CC(C)(C)OC(=O)N1C2CCC1CC(O)(c1ccc3c(c1)CC3)C2. The number of carbonyl (C=O) groups excluding carboxylic acids is 1. The highest BCUT2D eigenvalue weighted by molar-refractivity contribution is 5.70. The monoisotopic (exact) mass is 329 g/mol. The van der Waals surface area contributed by atoms with Gasteiger partial charge in [-0.1, -0.05) is 18.2 Å². The first-order valence-corrected chi connectivity index (χ1v) is 9.11. The summed E-state index contributed by atoms with van der Waals surface area (Å²) < 4.78 is 5.58. The van der Waals surface area contributed by atoms with Crippen molar-refractivity contribution in [2.45, 2.75) is 82.6 Å². The number of hydrogen-bond acceptors (Lipinski definition) is 3. The molecule has 2 bridgehead atoms. The molecule has 4 nitrogen and oxygen atoms in total. The van der Waals surface area contributed by atoms with Crippen LogP contribution in [0.1, 0.15) is 63.1 Å². The Morgan fingerprint density at radius 2 is 1.79 bits per heavy atom. The molecule has 4 rings (SSSR count). The maximum absolute atomic E-state index is 12.6. The molecule has 2 atom stereocenters. The van der Waals surface area contributed by atoms with Gasteiger partial charge in [0.25, 0.3) is 0 Å². The number of aliphatic hydroxyl groups is 1. The van der Waals surface area contributed by atoms with Crippen molar-refractivity contribution < 1.29 is 14.6 Å². The van der Waals surface area contributed by atoms with E-state index in [0.717, 1.165) is 31.2 Å². The standard InChI is InChI=1S/C20H27NO3/c1-19(2,3)24-18(22)21-16-8-9-17(21)12-20(23,11-16)15-7-6-13-4-5-14(13)10-15/h6-7,10,16-17,23H,4-5,8-9,11-12H2,1-3H3. The molecule has 1 N–H and O–H groups in total. The predicted octanol–water partition coefficient (Wildman–Crippen LogP) is 3.53. The van der Waals surface area contributed by atoms with Gasteiger partial charge in [0, 0.05) is 24.9 Å². The number of carbonyl (C=O) groups is 1. The van der Waals surface area contributed by atoms with Crippen LogP contribution in [0.4, 0.5) is 4.79 Å². The molecule has 2 saturated heterocycles. The third kappa shape index (κ3) is 2.61. The fourth-order valence-corrected chi connectivity index (χ4v) is 4.56. The molecule has 0 radical (unpaired) electrons. The fraction of sp³-hybridized carbons (Fsp3) is 0.650. The Balaban J connectivity index is 1.55. The van der Waals surface area contributed by atoms with E-state index in [1.54, 1.807) is 0 Å². The average Bonchev–Trinajstić information content (AvgIpc) is 2.71. The molecule has 3 aliphatic rings. The summed E-state index contributed by atoms with van der Waals surface area (Å²) in [6.07, 6.45) is 5.19. The van der Waals surface area contributed by atoms with E-state index in [0.29, 0.717) is 12.8 Å². The third-order valence-electron chi connectivity index (χ3n) is 5.78. The molecule has 2 unspecified atom stereocenters. The number of fused-ring (bicyclic) bond motifs is 3. The molecule has 130 valence electrons. The van der Waals surface area contributed by atoms with E-state index in [1.165, 1.54) is 11.1 Å². The Morgan fingerprint density at radius 3 is 2.29 bits per heavy atom. The second-order valence-corrected chi connectivity index (χ2v) is 8.70. The summed E-state index contributed by atoms with van der Waals surface area (Å²) in [5.74, 6) is 0. The van der Waals surface area contributed by atoms with Crippen molar-refractivity contribution in [1.82, 2.24) is 4.90 Å². The van der Waals surface area contributed by atoms with E-state index in [9.17, 15) is 9.90 Å². The van der Waals surface area contributed by atoms with Crippen molar-refractivity contribution in [1.29, 1.82) is 0 Å². The molecule has 2 fully saturated rings. The first-order valence-electron chi connectivity index (χ1n) is 9.11. The molecule has 1 aromatic carbocycles. The summed E-state index contributed by atoms with van der Waals surface area (Å²) >= 11 is 0. The Morgan fingerprint density at radius 1 is 1.17 bits per heavy atom. The number of benzene rings is 1. The summed E-state index contributed by atoms with van der Waals surface area (Å²) in [5, 5.41) is 11.3.